The molecule has 6 heteroatoms. The standard InChI is InChI=1S/C30H30FN3O2/c31-27-10-3-1-8-24(27)21-34-28-11-4-2-9-25(28)26(30(34)36)20-22-12-14-23(15-13-22)29(35)32-16-7-19-33-17-5-6-18-33/h1-4,8-15,20H,5-7,16-19,21H2,(H,32,35)/b26-20-. The van der Waals surface area contributed by atoms with Crippen LogP contribution >= 0.6 is 0 Å². The van der Waals surface area contributed by atoms with Crippen LogP contribution in [0.25, 0.3) is 11.6 Å². The number of carbonyl (C=O) groups is 2. The van der Waals surface area contributed by atoms with E-state index in [-0.39, 0.29) is 24.2 Å². The van der Waals surface area contributed by atoms with Crippen LogP contribution in [0.5, 0.6) is 0 Å². The van der Waals surface area contributed by atoms with Crippen LogP contribution in [0.3, 0.4) is 0 Å². The Kier molecular flexibility index (Phi) is 7.23. The molecule has 5 nitrogen and oxygen atoms in total. The van der Waals surface area contributed by atoms with E-state index in [0.29, 0.717) is 23.2 Å². The number of amides is 2. The lowest BCUT2D eigenvalue weighted by molar-refractivity contribution is -0.113. The second kappa shape index (κ2) is 10.9. The Labute approximate surface area is 211 Å². The minimum Gasteiger partial charge on any atom is -0.352 e. The molecule has 0 bridgehead atoms. The highest BCUT2D eigenvalue weighted by molar-refractivity contribution is 6.35. The third-order valence-corrected chi connectivity index (χ3v) is 6.87. The zero-order valence-electron chi connectivity index (χ0n) is 20.3. The minimum absolute atomic E-state index is 0.0889. The lowest BCUT2D eigenvalue weighted by atomic mass is 10.0. The van der Waals surface area contributed by atoms with Crippen molar-refractivity contribution in [3.8, 4) is 0 Å². The largest absolute Gasteiger partial charge is 0.352 e. The van der Waals surface area contributed by atoms with Crippen molar-refractivity contribution in [2.24, 2.45) is 0 Å². The lowest BCUT2D eigenvalue weighted by Crippen LogP contribution is -2.28. The number of benzene rings is 3. The Bertz CT molecular complexity index is 1280. The molecule has 2 amide bonds. The molecule has 0 atom stereocenters. The molecule has 2 aliphatic rings. The number of nitrogens with one attached hydrogen (secondary N) is 1. The minimum atomic E-state index is -0.329. The third-order valence-electron chi connectivity index (χ3n) is 6.87. The molecule has 0 unspecified atom stereocenters. The summed E-state index contributed by atoms with van der Waals surface area (Å²) in [5.41, 5.74) is 4.03. The van der Waals surface area contributed by atoms with Gasteiger partial charge in [-0.05, 0) is 74.8 Å². The van der Waals surface area contributed by atoms with Crippen LogP contribution in [-0.2, 0) is 11.3 Å². The summed E-state index contributed by atoms with van der Waals surface area (Å²) in [6, 6.07) is 21.3. The van der Waals surface area contributed by atoms with Gasteiger partial charge >= 0.3 is 0 Å². The molecule has 2 heterocycles. The first-order valence-corrected chi connectivity index (χ1v) is 12.6. The maximum absolute atomic E-state index is 14.3. The van der Waals surface area contributed by atoms with E-state index in [9.17, 15) is 14.0 Å². The van der Waals surface area contributed by atoms with Crippen molar-refractivity contribution in [1.29, 1.82) is 0 Å². The molecule has 5 rings (SSSR count). The number of fused-ring (bicyclic) bond motifs is 1. The van der Waals surface area contributed by atoms with E-state index in [4.69, 9.17) is 0 Å². The highest BCUT2D eigenvalue weighted by Gasteiger charge is 2.32. The van der Waals surface area contributed by atoms with Crippen molar-refractivity contribution >= 4 is 29.2 Å². The van der Waals surface area contributed by atoms with Crippen molar-refractivity contribution in [1.82, 2.24) is 10.2 Å². The van der Waals surface area contributed by atoms with Gasteiger partial charge in [0, 0.05) is 28.8 Å². The van der Waals surface area contributed by atoms with Crippen molar-refractivity contribution in [2.75, 3.05) is 31.1 Å². The maximum atomic E-state index is 14.3. The van der Waals surface area contributed by atoms with Gasteiger partial charge in [-0.3, -0.25) is 9.59 Å². The molecule has 3 aromatic rings. The van der Waals surface area contributed by atoms with E-state index in [1.54, 1.807) is 35.2 Å². The van der Waals surface area contributed by atoms with E-state index in [2.05, 4.69) is 10.2 Å². The summed E-state index contributed by atoms with van der Waals surface area (Å²) in [7, 11) is 0. The molecule has 3 aromatic carbocycles. The van der Waals surface area contributed by atoms with E-state index in [0.717, 1.165) is 29.8 Å². The van der Waals surface area contributed by atoms with E-state index in [1.807, 2.05) is 42.5 Å². The first kappa shape index (κ1) is 23.9. The second-order valence-corrected chi connectivity index (χ2v) is 9.34. The van der Waals surface area contributed by atoms with Gasteiger partial charge in [-0.15, -0.1) is 0 Å². The SMILES string of the molecule is O=C(NCCCN1CCCC1)c1ccc(/C=C2\C(=O)N(Cc3ccccc3F)c3ccccc32)cc1. The van der Waals surface area contributed by atoms with Crippen LogP contribution in [0.2, 0.25) is 0 Å². The summed E-state index contributed by atoms with van der Waals surface area (Å²) in [4.78, 5) is 29.9. The summed E-state index contributed by atoms with van der Waals surface area (Å²) in [6.07, 6.45) is 5.33. The fourth-order valence-electron chi connectivity index (χ4n) is 4.91. The van der Waals surface area contributed by atoms with Crippen LogP contribution in [-0.4, -0.2) is 42.9 Å². The van der Waals surface area contributed by atoms with Crippen molar-refractivity contribution in [3.63, 3.8) is 0 Å². The fraction of sp³-hybridized carbons (Fsp3) is 0.267. The molecule has 1 fully saturated rings. The van der Waals surface area contributed by atoms with Gasteiger partial charge in [0.05, 0.1) is 12.2 Å². The van der Waals surface area contributed by atoms with E-state index < -0.39 is 0 Å². The van der Waals surface area contributed by atoms with Gasteiger partial charge in [-0.2, -0.15) is 0 Å². The van der Waals surface area contributed by atoms with Gasteiger partial charge in [0.2, 0.25) is 0 Å². The predicted molar refractivity (Wildman–Crippen MR) is 141 cm³/mol. The Hall–Kier alpha value is -3.77. The van der Waals surface area contributed by atoms with Crippen molar-refractivity contribution in [3.05, 3.63) is 101 Å². The summed E-state index contributed by atoms with van der Waals surface area (Å²) in [6.45, 7) is 4.18. The molecule has 0 aromatic heterocycles. The highest BCUT2D eigenvalue weighted by atomic mass is 19.1. The third kappa shape index (κ3) is 5.24. The van der Waals surface area contributed by atoms with Gasteiger partial charge in [0.25, 0.3) is 11.8 Å². The topological polar surface area (TPSA) is 52.7 Å². The summed E-state index contributed by atoms with van der Waals surface area (Å²) < 4.78 is 14.3. The number of halogens is 1. The van der Waals surface area contributed by atoms with Crippen LogP contribution in [0.1, 0.15) is 46.3 Å². The lowest BCUT2D eigenvalue weighted by Gasteiger charge is -2.17. The molecule has 0 radical (unpaired) electrons. The number of nitrogens with zero attached hydrogens (tertiary/aromatic N) is 2. The second-order valence-electron chi connectivity index (χ2n) is 9.34. The number of anilines is 1. The molecule has 36 heavy (non-hydrogen) atoms. The average molecular weight is 484 g/mol. The molecule has 0 spiro atoms. The van der Waals surface area contributed by atoms with Gasteiger partial charge in [0.1, 0.15) is 5.82 Å². The maximum Gasteiger partial charge on any atom is 0.259 e. The van der Waals surface area contributed by atoms with Crippen molar-refractivity contribution < 1.29 is 14.0 Å². The number of para-hydroxylation sites is 1. The number of carbonyl (C=O) groups excluding carboxylic acids is 2. The van der Waals surface area contributed by atoms with E-state index in [1.165, 1.54) is 32.0 Å². The number of hydrogen-bond acceptors (Lipinski definition) is 3. The Morgan fingerprint density at radius 1 is 0.944 bits per heavy atom. The molecule has 2 aliphatic heterocycles. The van der Waals surface area contributed by atoms with Crippen LogP contribution in [0, 0.1) is 5.82 Å². The summed E-state index contributed by atoms with van der Waals surface area (Å²) >= 11 is 0. The highest BCUT2D eigenvalue weighted by Crippen LogP contribution is 2.38. The number of likely N-dealkylation sites (tertiary alicyclic amines) is 1. The zero-order valence-corrected chi connectivity index (χ0v) is 20.3. The number of hydrogen-bond donors (Lipinski definition) is 1. The quantitative estimate of drug-likeness (QED) is 0.357. The van der Waals surface area contributed by atoms with E-state index >= 15 is 0 Å². The average Bonchev–Trinajstić information content (AvgIpc) is 3.51. The first-order valence-electron chi connectivity index (χ1n) is 12.6. The molecular formula is C30H30FN3O2. The predicted octanol–water partition coefficient (Wildman–Crippen LogP) is 5.13. The summed E-state index contributed by atoms with van der Waals surface area (Å²) in [5.74, 6) is -0.585. The molecular weight excluding hydrogens is 453 g/mol. The van der Waals surface area contributed by atoms with Gasteiger partial charge in [0.15, 0.2) is 0 Å². The van der Waals surface area contributed by atoms with Gasteiger partial charge < -0.3 is 15.1 Å². The summed E-state index contributed by atoms with van der Waals surface area (Å²) in [5, 5.41) is 3.00. The normalized spacial score (nSPS) is 16.5. The van der Waals surface area contributed by atoms with Crippen LogP contribution in [0.15, 0.2) is 72.8 Å². The van der Waals surface area contributed by atoms with Crippen LogP contribution in [0.4, 0.5) is 10.1 Å². The monoisotopic (exact) mass is 483 g/mol. The smallest absolute Gasteiger partial charge is 0.259 e. The first-order chi connectivity index (χ1) is 17.6. The fourth-order valence-corrected chi connectivity index (χ4v) is 4.91. The van der Waals surface area contributed by atoms with Crippen molar-refractivity contribution in [2.45, 2.75) is 25.8 Å². The van der Waals surface area contributed by atoms with Crippen LogP contribution < -0.4 is 10.2 Å². The van der Waals surface area contributed by atoms with Gasteiger partial charge in [-0.25, -0.2) is 4.39 Å². The van der Waals surface area contributed by atoms with Gasteiger partial charge in [-0.1, -0.05) is 48.5 Å². The Morgan fingerprint density at radius 3 is 2.44 bits per heavy atom. The zero-order chi connectivity index (χ0) is 24.9. The Morgan fingerprint density at radius 2 is 1.67 bits per heavy atom. The molecule has 0 aliphatic carbocycles. The molecule has 0 saturated carbocycles. The Balaban J connectivity index is 1.27. The molecule has 184 valence electrons. The molecule has 1 N–H and O–H groups in total. The molecule has 1 saturated heterocycles. The number of rotatable bonds is 8.